The third-order valence-electron chi connectivity index (χ3n) is 5.48. The Bertz CT molecular complexity index is 1350. The minimum atomic E-state index is -0.0441. The number of thioether (sulfide) groups is 1. The number of hydrogen-bond donors (Lipinski definition) is 2. The molecule has 6 heteroatoms. The predicted octanol–water partition coefficient (Wildman–Crippen LogP) is 7.66. The van der Waals surface area contributed by atoms with Crippen molar-refractivity contribution >= 4 is 23.4 Å². The van der Waals surface area contributed by atoms with Crippen molar-refractivity contribution in [2.75, 3.05) is 11.1 Å². The first-order valence-corrected chi connectivity index (χ1v) is 12.7. The number of carbonyl (C=O) groups excluding carboxylic acids is 1. The molecule has 1 heterocycles. The Kier molecular flexibility index (Phi) is 7.44. The Morgan fingerprint density at radius 2 is 1.33 bits per heavy atom. The summed E-state index contributed by atoms with van der Waals surface area (Å²) in [6.45, 7) is 0. The highest BCUT2D eigenvalue weighted by atomic mass is 32.2. The number of nitrogens with one attached hydrogen (secondary N) is 2. The molecule has 2 N–H and O–H groups in total. The minimum Gasteiger partial charge on any atom is -0.457 e. The summed E-state index contributed by atoms with van der Waals surface area (Å²) >= 11 is 1.54. The lowest BCUT2D eigenvalue weighted by Crippen LogP contribution is -2.12. The van der Waals surface area contributed by atoms with Gasteiger partial charge in [-0.1, -0.05) is 90.6 Å². The van der Waals surface area contributed by atoms with Crippen LogP contribution in [0.15, 0.2) is 120 Å². The van der Waals surface area contributed by atoms with Crippen molar-refractivity contribution in [2.24, 2.45) is 0 Å². The molecule has 0 aliphatic carbocycles. The lowest BCUT2D eigenvalue weighted by Gasteiger charge is -2.08. The van der Waals surface area contributed by atoms with Gasteiger partial charge in [0.2, 0.25) is 5.91 Å². The van der Waals surface area contributed by atoms with Crippen molar-refractivity contribution < 1.29 is 9.53 Å². The maximum atomic E-state index is 12.5. The van der Waals surface area contributed by atoms with E-state index in [1.807, 2.05) is 91.0 Å². The van der Waals surface area contributed by atoms with E-state index in [4.69, 9.17) is 9.72 Å². The number of benzene rings is 4. The molecule has 1 aromatic heterocycles. The number of aromatic amines is 1. The van der Waals surface area contributed by atoms with Crippen LogP contribution in [0.2, 0.25) is 0 Å². The average Bonchev–Trinajstić information content (AvgIpc) is 3.36. The summed E-state index contributed by atoms with van der Waals surface area (Å²) in [5, 5.41) is 3.74. The molecule has 5 aromatic rings. The summed E-state index contributed by atoms with van der Waals surface area (Å²) in [7, 11) is 0. The highest BCUT2D eigenvalue weighted by molar-refractivity contribution is 7.99. The molecule has 5 rings (SSSR count). The first-order chi connectivity index (χ1) is 17.7. The second-order valence-electron chi connectivity index (χ2n) is 8.08. The zero-order valence-electron chi connectivity index (χ0n) is 19.6. The van der Waals surface area contributed by atoms with Crippen LogP contribution in [-0.2, 0) is 4.79 Å². The molecule has 0 unspecified atom stereocenters. The smallest absolute Gasteiger partial charge is 0.225 e. The van der Waals surface area contributed by atoms with Crippen molar-refractivity contribution in [2.45, 2.75) is 11.6 Å². The van der Waals surface area contributed by atoms with E-state index in [1.54, 1.807) is 0 Å². The molecule has 178 valence electrons. The van der Waals surface area contributed by atoms with Crippen LogP contribution in [0.3, 0.4) is 0 Å². The molecule has 0 saturated carbocycles. The van der Waals surface area contributed by atoms with Gasteiger partial charge in [0.25, 0.3) is 0 Å². The maximum absolute atomic E-state index is 12.5. The van der Waals surface area contributed by atoms with Gasteiger partial charge in [0, 0.05) is 29.0 Å². The van der Waals surface area contributed by atoms with Gasteiger partial charge < -0.3 is 15.0 Å². The van der Waals surface area contributed by atoms with Crippen LogP contribution < -0.4 is 10.1 Å². The normalized spacial score (nSPS) is 10.7. The van der Waals surface area contributed by atoms with Crippen LogP contribution in [0.1, 0.15) is 6.42 Å². The number of para-hydroxylation sites is 1. The monoisotopic (exact) mass is 491 g/mol. The molecular formula is C30H25N3O2S. The van der Waals surface area contributed by atoms with E-state index in [0.29, 0.717) is 12.2 Å². The minimum absolute atomic E-state index is 0.0441. The number of ether oxygens (including phenoxy) is 1. The number of H-pyrrole nitrogens is 1. The van der Waals surface area contributed by atoms with Crippen LogP contribution in [-0.4, -0.2) is 21.6 Å². The Balaban J connectivity index is 1.18. The number of imidazole rings is 1. The second kappa shape index (κ2) is 11.4. The molecule has 0 aliphatic rings. The summed E-state index contributed by atoms with van der Waals surface area (Å²) in [6.07, 6.45) is 0.370. The van der Waals surface area contributed by atoms with Gasteiger partial charge in [0.15, 0.2) is 5.16 Å². The van der Waals surface area contributed by atoms with Gasteiger partial charge in [-0.3, -0.25) is 4.79 Å². The van der Waals surface area contributed by atoms with Crippen LogP contribution in [0.4, 0.5) is 5.69 Å². The quantitative estimate of drug-likeness (QED) is 0.208. The molecule has 1 amide bonds. The number of carbonyl (C=O) groups is 1. The zero-order valence-corrected chi connectivity index (χ0v) is 20.4. The highest BCUT2D eigenvalue weighted by Gasteiger charge is 2.14. The largest absolute Gasteiger partial charge is 0.457 e. The predicted molar refractivity (Wildman–Crippen MR) is 146 cm³/mol. The third-order valence-corrected chi connectivity index (χ3v) is 6.35. The zero-order chi connectivity index (χ0) is 24.6. The van der Waals surface area contributed by atoms with E-state index >= 15 is 0 Å². The Hall–Kier alpha value is -4.29. The first kappa shape index (κ1) is 23.5. The molecule has 0 atom stereocenters. The topological polar surface area (TPSA) is 67.0 Å². The van der Waals surface area contributed by atoms with E-state index in [1.165, 1.54) is 11.8 Å². The van der Waals surface area contributed by atoms with Crippen LogP contribution in [0.25, 0.3) is 22.5 Å². The number of anilines is 1. The maximum Gasteiger partial charge on any atom is 0.225 e. The number of amides is 1. The summed E-state index contributed by atoms with van der Waals surface area (Å²) in [5.74, 6) is 2.06. The Morgan fingerprint density at radius 3 is 2.00 bits per heavy atom. The molecule has 5 nitrogen and oxygen atoms in total. The standard InChI is InChI=1S/C30H25N3O2S/c34-27(31-24-16-18-26(19-17-24)35-25-14-8-3-9-15-25)20-21-36-30-32-28(22-10-4-1-5-11-22)29(33-30)23-12-6-2-7-13-23/h1-19H,20-21H2,(H,31,34)(H,32,33). The van der Waals surface area contributed by atoms with Gasteiger partial charge in [-0.05, 0) is 36.4 Å². The lowest BCUT2D eigenvalue weighted by atomic mass is 10.1. The molecule has 0 spiro atoms. The molecule has 0 fully saturated rings. The first-order valence-electron chi connectivity index (χ1n) is 11.7. The molecule has 0 radical (unpaired) electrons. The van der Waals surface area contributed by atoms with E-state index in [0.717, 1.165) is 44.9 Å². The summed E-state index contributed by atoms with van der Waals surface area (Å²) in [5.41, 5.74) is 4.75. The molecular weight excluding hydrogens is 466 g/mol. The fourth-order valence-corrected chi connectivity index (χ4v) is 4.54. The molecule has 4 aromatic carbocycles. The second-order valence-corrected chi connectivity index (χ2v) is 9.17. The van der Waals surface area contributed by atoms with E-state index in [9.17, 15) is 4.79 Å². The van der Waals surface area contributed by atoms with Gasteiger partial charge in [-0.25, -0.2) is 4.98 Å². The van der Waals surface area contributed by atoms with E-state index in [2.05, 4.69) is 34.6 Å². The average molecular weight is 492 g/mol. The number of hydrogen-bond acceptors (Lipinski definition) is 4. The van der Waals surface area contributed by atoms with Crippen LogP contribution in [0.5, 0.6) is 11.5 Å². The van der Waals surface area contributed by atoms with Crippen molar-refractivity contribution in [1.82, 2.24) is 9.97 Å². The number of aromatic nitrogens is 2. The fraction of sp³-hybridized carbons (Fsp3) is 0.0667. The lowest BCUT2D eigenvalue weighted by molar-refractivity contribution is -0.115. The number of rotatable bonds is 9. The van der Waals surface area contributed by atoms with Gasteiger partial charge in [0.1, 0.15) is 11.5 Å². The van der Waals surface area contributed by atoms with Gasteiger partial charge in [-0.2, -0.15) is 0 Å². The van der Waals surface area contributed by atoms with Crippen molar-refractivity contribution in [3.05, 3.63) is 115 Å². The van der Waals surface area contributed by atoms with Gasteiger partial charge >= 0.3 is 0 Å². The van der Waals surface area contributed by atoms with Crippen molar-refractivity contribution in [1.29, 1.82) is 0 Å². The van der Waals surface area contributed by atoms with E-state index < -0.39 is 0 Å². The molecule has 0 aliphatic heterocycles. The molecule has 0 saturated heterocycles. The number of nitrogens with zero attached hydrogens (tertiary/aromatic N) is 1. The fourth-order valence-electron chi connectivity index (χ4n) is 3.73. The van der Waals surface area contributed by atoms with E-state index in [-0.39, 0.29) is 5.91 Å². The Labute approximate surface area is 214 Å². The molecule has 36 heavy (non-hydrogen) atoms. The summed E-state index contributed by atoms with van der Waals surface area (Å²) in [6, 6.07) is 37.3. The molecule has 0 bridgehead atoms. The van der Waals surface area contributed by atoms with Crippen molar-refractivity contribution in [3.63, 3.8) is 0 Å². The Morgan fingerprint density at radius 1 is 0.750 bits per heavy atom. The van der Waals surface area contributed by atoms with Crippen LogP contribution >= 0.6 is 11.8 Å². The highest BCUT2D eigenvalue weighted by Crippen LogP contribution is 2.32. The summed E-state index contributed by atoms with van der Waals surface area (Å²) in [4.78, 5) is 20.8. The van der Waals surface area contributed by atoms with Gasteiger partial charge in [0.05, 0.1) is 11.4 Å². The third kappa shape index (κ3) is 6.03. The SMILES string of the molecule is O=C(CCSc1nc(-c2ccccc2)c(-c2ccccc2)[nH]1)Nc1ccc(Oc2ccccc2)cc1. The summed E-state index contributed by atoms with van der Waals surface area (Å²) < 4.78 is 5.80. The van der Waals surface area contributed by atoms with Crippen LogP contribution in [0, 0.1) is 0 Å². The van der Waals surface area contributed by atoms with Crippen molar-refractivity contribution in [3.8, 4) is 34.0 Å². The van der Waals surface area contributed by atoms with Gasteiger partial charge in [-0.15, -0.1) is 0 Å².